The molecule has 0 aliphatic heterocycles. The van der Waals surface area contributed by atoms with Crippen LogP contribution in [0.15, 0.2) is 0 Å². The molecule has 0 fully saturated rings. The molecule has 0 saturated carbocycles. The molecule has 0 atom stereocenters. The van der Waals surface area contributed by atoms with Crippen molar-refractivity contribution in [3.8, 4) is 0 Å². The molecule has 0 N–H and O–H groups in total. The van der Waals surface area contributed by atoms with Gasteiger partial charge in [-0.25, -0.2) is 0 Å². The molecule has 0 aliphatic carbocycles. The normalized spacial score (nSPS) is 10.2. The molecule has 3 nitrogen and oxygen atoms in total. The zero-order chi connectivity index (χ0) is 17.6. The molecule has 0 aromatic carbocycles. The van der Waals surface area contributed by atoms with Crippen LogP contribution in [0.4, 0.5) is 0 Å². The average Bonchev–Trinajstić information content (AvgIpc) is 2.10. The first-order valence-electron chi connectivity index (χ1n) is 8.48. The molecule has 132 valence electrons. The summed E-state index contributed by atoms with van der Waals surface area (Å²) in [6.07, 6.45) is 0. The van der Waals surface area contributed by atoms with Gasteiger partial charge in [-0.3, -0.25) is 0 Å². The van der Waals surface area contributed by atoms with Crippen LogP contribution in [0.1, 0.15) is 83.1 Å². The van der Waals surface area contributed by atoms with Crippen molar-refractivity contribution in [1.29, 1.82) is 0 Å². The van der Waals surface area contributed by atoms with E-state index in [2.05, 4.69) is 99.0 Å². The summed E-state index contributed by atoms with van der Waals surface area (Å²) in [5.41, 5.74) is 0. The van der Waals surface area contributed by atoms with Gasteiger partial charge in [0.05, 0.1) is 0 Å². The predicted molar refractivity (Wildman–Crippen MR) is 107 cm³/mol. The van der Waals surface area contributed by atoms with E-state index in [0.717, 1.165) is 0 Å². The van der Waals surface area contributed by atoms with Crippen LogP contribution < -0.4 is 18.9 Å². The largest absolute Gasteiger partial charge is 2.00 e. The Bertz CT molecular complexity index is 145. The summed E-state index contributed by atoms with van der Waals surface area (Å²) in [6, 6.07) is 3.00. The van der Waals surface area contributed by atoms with Crippen molar-refractivity contribution in [3.05, 3.63) is 16.0 Å². The van der Waals surface area contributed by atoms with E-state index in [9.17, 15) is 0 Å². The molecule has 0 aliphatic rings. The van der Waals surface area contributed by atoms with Crippen LogP contribution in [0.3, 0.4) is 0 Å². The molecule has 0 unspecified atom stereocenters. The van der Waals surface area contributed by atoms with E-state index in [4.69, 9.17) is 0 Å². The summed E-state index contributed by atoms with van der Waals surface area (Å²) in [7, 11) is 0. The summed E-state index contributed by atoms with van der Waals surface area (Å²) >= 11 is 0. The quantitative estimate of drug-likeness (QED) is 0.671. The Morgan fingerprint density at radius 2 is 0.435 bits per heavy atom. The first-order chi connectivity index (χ1) is 9.38. The van der Waals surface area contributed by atoms with E-state index in [1.807, 2.05) is 0 Å². The summed E-state index contributed by atoms with van der Waals surface area (Å²) in [6.45, 7) is 25.2. The van der Waals surface area contributed by atoms with Gasteiger partial charge < -0.3 is 16.0 Å². The van der Waals surface area contributed by atoms with E-state index < -0.39 is 0 Å². The molecule has 0 radical (unpaired) electrons. The van der Waals surface area contributed by atoms with Gasteiger partial charge in [0.15, 0.2) is 0 Å². The fourth-order valence-corrected chi connectivity index (χ4v) is 1.79. The topological polar surface area (TPSA) is 42.3 Å². The standard InChI is InChI=1S/3C6H14N.Li.Mg/c3*1-5(2)7-6(3)4;;/h3*5-6H,1-4H3;;/q3*-1;+1;+2. The molecule has 0 heterocycles. The molecule has 0 aromatic rings. The van der Waals surface area contributed by atoms with E-state index in [1.54, 1.807) is 0 Å². The second kappa shape index (κ2) is 23.2. The number of hydrogen-bond acceptors (Lipinski definition) is 0. The Kier molecular flexibility index (Phi) is 35.7. The third kappa shape index (κ3) is 59.8. The maximum Gasteiger partial charge on any atom is 2.00 e. The smallest absolute Gasteiger partial charge is 0.658 e. The minimum atomic E-state index is 0. The number of hydrogen-bond donors (Lipinski definition) is 0. The second-order valence-corrected chi connectivity index (χ2v) is 7.01. The Morgan fingerprint density at radius 3 is 0.435 bits per heavy atom. The van der Waals surface area contributed by atoms with Crippen molar-refractivity contribution in [2.45, 2.75) is 119 Å². The van der Waals surface area contributed by atoms with E-state index in [-0.39, 0.29) is 41.9 Å². The fraction of sp³-hybridized carbons (Fsp3) is 1.00. The monoisotopic (exact) mass is 331 g/mol. The summed E-state index contributed by atoms with van der Waals surface area (Å²) in [5.74, 6) is 0. The molecular weight excluding hydrogens is 289 g/mol. The van der Waals surface area contributed by atoms with Gasteiger partial charge in [-0.1, -0.05) is 83.1 Å². The minimum Gasteiger partial charge on any atom is -0.658 e. The number of nitrogens with zero attached hydrogens (tertiary/aromatic N) is 3. The Labute approximate surface area is 176 Å². The van der Waals surface area contributed by atoms with Crippen LogP contribution in [-0.4, -0.2) is 59.3 Å². The van der Waals surface area contributed by atoms with Crippen molar-refractivity contribution in [1.82, 2.24) is 0 Å². The van der Waals surface area contributed by atoms with Gasteiger partial charge in [0.1, 0.15) is 0 Å². The van der Waals surface area contributed by atoms with Crippen LogP contribution in [0.5, 0.6) is 0 Å². The third-order valence-electron chi connectivity index (χ3n) is 1.79. The van der Waals surface area contributed by atoms with Crippen molar-refractivity contribution in [2.24, 2.45) is 0 Å². The Morgan fingerprint density at radius 1 is 0.348 bits per heavy atom. The summed E-state index contributed by atoms with van der Waals surface area (Å²) in [4.78, 5) is 0. The van der Waals surface area contributed by atoms with Crippen LogP contribution in [0, 0.1) is 0 Å². The van der Waals surface area contributed by atoms with Crippen LogP contribution >= 0.6 is 0 Å². The second-order valence-electron chi connectivity index (χ2n) is 7.01. The van der Waals surface area contributed by atoms with E-state index >= 15 is 0 Å². The predicted octanol–water partition coefficient (Wildman–Crippen LogP) is 3.15. The van der Waals surface area contributed by atoms with Gasteiger partial charge in [-0.15, -0.1) is 36.3 Å². The molecule has 0 saturated heterocycles. The Balaban J connectivity index is -0.0000000675. The molecule has 0 aromatic heterocycles. The van der Waals surface area contributed by atoms with Crippen LogP contribution in [-0.2, 0) is 0 Å². The molecule has 23 heavy (non-hydrogen) atoms. The molecule has 0 rings (SSSR count). The minimum absolute atomic E-state index is 0. The molecule has 0 amide bonds. The van der Waals surface area contributed by atoms with E-state index in [1.165, 1.54) is 0 Å². The van der Waals surface area contributed by atoms with Crippen molar-refractivity contribution >= 4 is 23.1 Å². The van der Waals surface area contributed by atoms with Gasteiger partial charge in [-0.05, 0) is 0 Å². The fourth-order valence-electron chi connectivity index (χ4n) is 1.79. The average molecular weight is 332 g/mol. The van der Waals surface area contributed by atoms with Gasteiger partial charge in [0.25, 0.3) is 0 Å². The zero-order valence-electron chi connectivity index (χ0n) is 18.5. The maximum atomic E-state index is 4.28. The third-order valence-corrected chi connectivity index (χ3v) is 1.79. The van der Waals surface area contributed by atoms with Gasteiger partial charge in [-0.2, -0.15) is 0 Å². The van der Waals surface area contributed by atoms with Crippen molar-refractivity contribution in [2.75, 3.05) is 0 Å². The van der Waals surface area contributed by atoms with Crippen molar-refractivity contribution < 1.29 is 18.9 Å². The van der Waals surface area contributed by atoms with Crippen molar-refractivity contribution in [3.63, 3.8) is 0 Å². The van der Waals surface area contributed by atoms with Crippen LogP contribution in [0.25, 0.3) is 16.0 Å². The molecule has 5 heteroatoms. The van der Waals surface area contributed by atoms with Gasteiger partial charge >= 0.3 is 41.9 Å². The first-order valence-corrected chi connectivity index (χ1v) is 8.48. The molecular formula is C18H42LiMgN3. The zero-order valence-corrected chi connectivity index (χ0v) is 19.9. The SMILES string of the molecule is CC(C)[N-]C(C)C.CC(C)[N-]C(C)C.CC(C)[N-]C(C)C.[Li+].[Mg+2]. The molecule has 0 bridgehead atoms. The Hall–Kier alpha value is 1.24. The number of rotatable bonds is 6. The summed E-state index contributed by atoms with van der Waals surface area (Å²) < 4.78 is 0. The maximum absolute atomic E-state index is 4.28. The van der Waals surface area contributed by atoms with Gasteiger partial charge in [0, 0.05) is 0 Å². The summed E-state index contributed by atoms with van der Waals surface area (Å²) in [5, 5.41) is 12.8. The molecule has 0 spiro atoms. The first kappa shape index (κ1) is 35.4. The van der Waals surface area contributed by atoms with Gasteiger partial charge in [0.2, 0.25) is 0 Å². The van der Waals surface area contributed by atoms with E-state index in [0.29, 0.717) is 36.3 Å². The van der Waals surface area contributed by atoms with Crippen LogP contribution in [0.2, 0.25) is 0 Å².